The summed E-state index contributed by atoms with van der Waals surface area (Å²) in [5, 5.41) is 6.98. The normalized spacial score (nSPS) is 11.1. The van der Waals surface area contributed by atoms with Crippen LogP contribution in [0.15, 0.2) is 33.7 Å². The van der Waals surface area contributed by atoms with E-state index >= 15 is 0 Å². The Morgan fingerprint density at radius 1 is 1.48 bits per heavy atom. The van der Waals surface area contributed by atoms with E-state index in [0.29, 0.717) is 40.1 Å². The van der Waals surface area contributed by atoms with E-state index in [2.05, 4.69) is 10.2 Å². The number of carbonyl (C=O) groups is 1. The van der Waals surface area contributed by atoms with E-state index in [1.54, 1.807) is 30.0 Å². The molecule has 6 nitrogen and oxygen atoms in total. The van der Waals surface area contributed by atoms with Gasteiger partial charge in [0.2, 0.25) is 0 Å². The van der Waals surface area contributed by atoms with Gasteiger partial charge in [0.05, 0.1) is 6.42 Å². The van der Waals surface area contributed by atoms with Gasteiger partial charge in [-0.05, 0) is 24.5 Å². The fourth-order valence-corrected chi connectivity index (χ4v) is 2.37. The van der Waals surface area contributed by atoms with E-state index in [9.17, 15) is 9.59 Å². The summed E-state index contributed by atoms with van der Waals surface area (Å²) in [5.74, 6) is 0.830. The van der Waals surface area contributed by atoms with Gasteiger partial charge in [0.1, 0.15) is 28.9 Å². The molecule has 108 valence electrons. The number of carbonyl (C=O) groups excluding carboxylic acids is 1. The number of rotatable bonds is 4. The van der Waals surface area contributed by atoms with Gasteiger partial charge in [0.25, 0.3) is 5.56 Å². The third-order valence-electron chi connectivity index (χ3n) is 3.02. The summed E-state index contributed by atoms with van der Waals surface area (Å²) >= 11 is 1.58. The van der Waals surface area contributed by atoms with Crippen molar-refractivity contribution in [1.82, 2.24) is 10.2 Å². The Kier molecular flexibility index (Phi) is 3.66. The lowest BCUT2D eigenvalue weighted by molar-refractivity contribution is -0.133. The average Bonchev–Trinajstić information content (AvgIpc) is 2.87. The van der Waals surface area contributed by atoms with Crippen molar-refractivity contribution in [1.29, 1.82) is 0 Å². The lowest BCUT2D eigenvalue weighted by atomic mass is 10.1. The van der Waals surface area contributed by atoms with E-state index in [0.717, 1.165) is 0 Å². The Hall–Kier alpha value is -2.28. The number of nitrogens with zero attached hydrogens (tertiary/aromatic N) is 1. The first kappa shape index (κ1) is 13.7. The zero-order valence-electron chi connectivity index (χ0n) is 11.2. The van der Waals surface area contributed by atoms with E-state index < -0.39 is 0 Å². The maximum Gasteiger partial charge on any atom is 0.312 e. The number of benzene rings is 1. The first-order chi connectivity index (χ1) is 10.2. The number of H-pyrrole nitrogens is 1. The van der Waals surface area contributed by atoms with Crippen LogP contribution in [-0.4, -0.2) is 28.2 Å². The van der Waals surface area contributed by atoms with Crippen molar-refractivity contribution < 1.29 is 13.9 Å². The number of nitrogens with one attached hydrogen (secondary N) is 1. The molecule has 1 N–H and O–H groups in total. The van der Waals surface area contributed by atoms with Gasteiger partial charge in [-0.1, -0.05) is 0 Å². The van der Waals surface area contributed by atoms with Crippen molar-refractivity contribution in [2.75, 3.05) is 12.0 Å². The number of aromatic nitrogens is 2. The van der Waals surface area contributed by atoms with Gasteiger partial charge in [-0.3, -0.25) is 9.59 Å². The van der Waals surface area contributed by atoms with Crippen LogP contribution in [0.3, 0.4) is 0 Å². The maximum absolute atomic E-state index is 11.6. The first-order valence-corrected chi connectivity index (χ1v) is 7.67. The molecular formula is C14H12N2O4S. The molecule has 2 heterocycles. The van der Waals surface area contributed by atoms with Crippen LogP contribution in [0, 0.1) is 0 Å². The maximum atomic E-state index is 11.6. The SMILES string of the molecule is CSCCC(=O)Oc1ccc2occ3c(=O)[nH]nc-3c2c1. The number of fused-ring (bicyclic) bond motifs is 3. The minimum atomic E-state index is -0.307. The second-order valence-corrected chi connectivity index (χ2v) is 5.41. The predicted molar refractivity (Wildman–Crippen MR) is 79.9 cm³/mol. The Labute approximate surface area is 123 Å². The molecule has 0 radical (unpaired) electrons. The third kappa shape index (κ3) is 2.64. The van der Waals surface area contributed by atoms with Gasteiger partial charge >= 0.3 is 5.97 Å². The minimum absolute atomic E-state index is 0.292. The molecule has 7 heteroatoms. The highest BCUT2D eigenvalue weighted by Crippen LogP contribution is 2.29. The molecule has 0 atom stereocenters. The summed E-state index contributed by atoms with van der Waals surface area (Å²) in [6.45, 7) is 0. The van der Waals surface area contributed by atoms with E-state index in [1.165, 1.54) is 6.26 Å². The molecule has 1 aromatic rings. The summed E-state index contributed by atoms with van der Waals surface area (Å²) in [6, 6.07) is 4.99. The molecule has 1 aromatic carbocycles. The molecule has 0 bridgehead atoms. The van der Waals surface area contributed by atoms with Gasteiger partial charge in [-0.15, -0.1) is 0 Å². The van der Waals surface area contributed by atoms with Crippen molar-refractivity contribution >= 4 is 28.7 Å². The van der Waals surface area contributed by atoms with Crippen molar-refractivity contribution in [2.24, 2.45) is 0 Å². The summed E-state index contributed by atoms with van der Waals surface area (Å²) in [6.07, 6.45) is 3.65. The van der Waals surface area contributed by atoms with Gasteiger partial charge in [0, 0.05) is 11.1 Å². The third-order valence-corrected chi connectivity index (χ3v) is 3.63. The van der Waals surface area contributed by atoms with Crippen LogP contribution in [-0.2, 0) is 4.79 Å². The molecule has 0 aliphatic carbocycles. The minimum Gasteiger partial charge on any atom is -0.463 e. The van der Waals surface area contributed by atoms with E-state index in [1.807, 2.05) is 6.26 Å². The Morgan fingerprint density at radius 3 is 3.14 bits per heavy atom. The lowest BCUT2D eigenvalue weighted by Crippen LogP contribution is -2.08. The highest BCUT2D eigenvalue weighted by Gasteiger charge is 2.16. The zero-order chi connectivity index (χ0) is 14.8. The number of thioether (sulfide) groups is 1. The molecule has 0 unspecified atom stereocenters. The fraction of sp³-hybridized carbons (Fsp3) is 0.214. The van der Waals surface area contributed by atoms with Crippen LogP contribution in [0.2, 0.25) is 0 Å². The Balaban J connectivity index is 1.97. The molecule has 0 spiro atoms. The topological polar surface area (TPSA) is 85.2 Å². The molecule has 2 aliphatic rings. The van der Waals surface area contributed by atoms with E-state index in [4.69, 9.17) is 9.15 Å². The number of aromatic amines is 1. The van der Waals surface area contributed by atoms with Crippen LogP contribution in [0.1, 0.15) is 6.42 Å². The molecule has 0 amide bonds. The highest BCUT2D eigenvalue weighted by molar-refractivity contribution is 7.98. The van der Waals surface area contributed by atoms with Crippen LogP contribution < -0.4 is 10.3 Å². The quantitative estimate of drug-likeness (QED) is 0.588. The molecular weight excluding hydrogens is 292 g/mol. The highest BCUT2D eigenvalue weighted by atomic mass is 32.2. The summed E-state index contributed by atoms with van der Waals surface area (Å²) in [7, 11) is 0. The molecule has 21 heavy (non-hydrogen) atoms. The summed E-state index contributed by atoms with van der Waals surface area (Å²) in [5.41, 5.74) is 1.13. The van der Waals surface area contributed by atoms with Crippen LogP contribution >= 0.6 is 11.8 Å². The smallest absolute Gasteiger partial charge is 0.312 e. The second kappa shape index (κ2) is 5.61. The van der Waals surface area contributed by atoms with Gasteiger partial charge in [-0.25, -0.2) is 5.10 Å². The molecule has 0 fully saturated rings. The zero-order valence-corrected chi connectivity index (χ0v) is 12.0. The molecule has 0 saturated carbocycles. The number of ether oxygens (including phenoxy) is 1. The van der Waals surface area contributed by atoms with Crippen LogP contribution in [0.4, 0.5) is 0 Å². The molecule has 3 rings (SSSR count). The Bertz CT molecular complexity index is 823. The summed E-state index contributed by atoms with van der Waals surface area (Å²) < 4.78 is 10.7. The van der Waals surface area contributed by atoms with Crippen LogP contribution in [0.5, 0.6) is 5.75 Å². The van der Waals surface area contributed by atoms with Crippen LogP contribution in [0.25, 0.3) is 22.2 Å². The largest absolute Gasteiger partial charge is 0.463 e. The number of esters is 1. The Morgan fingerprint density at radius 2 is 2.33 bits per heavy atom. The molecule has 0 saturated heterocycles. The molecule has 2 aliphatic heterocycles. The van der Waals surface area contributed by atoms with Crippen molar-refractivity contribution in [2.45, 2.75) is 6.42 Å². The first-order valence-electron chi connectivity index (χ1n) is 6.28. The number of hydrogen-bond acceptors (Lipinski definition) is 6. The monoisotopic (exact) mass is 304 g/mol. The second-order valence-electron chi connectivity index (χ2n) is 4.43. The van der Waals surface area contributed by atoms with Crippen molar-refractivity contribution in [3.8, 4) is 17.0 Å². The van der Waals surface area contributed by atoms with Gasteiger partial charge < -0.3 is 9.15 Å². The summed E-state index contributed by atoms with van der Waals surface area (Å²) in [4.78, 5) is 23.2. The van der Waals surface area contributed by atoms with Gasteiger partial charge in [-0.2, -0.15) is 16.9 Å². The average molecular weight is 304 g/mol. The van der Waals surface area contributed by atoms with Gasteiger partial charge in [0.15, 0.2) is 0 Å². The predicted octanol–water partition coefficient (Wildman–Crippen LogP) is 2.28. The lowest BCUT2D eigenvalue weighted by Gasteiger charge is -2.06. The van der Waals surface area contributed by atoms with Crippen molar-refractivity contribution in [3.63, 3.8) is 0 Å². The fourth-order valence-electron chi connectivity index (χ4n) is 2.00. The standard InChI is InChI=1S/C14H12N2O4S/c1-21-5-4-12(17)20-8-2-3-11-9(6-8)13-10(7-19-11)14(18)16-15-13/h2-3,6-7H,4-5H2,1H3,(H,16,18). The van der Waals surface area contributed by atoms with E-state index in [-0.39, 0.29) is 11.5 Å². The number of hydrogen-bond donors (Lipinski definition) is 1. The van der Waals surface area contributed by atoms with Crippen molar-refractivity contribution in [3.05, 3.63) is 34.8 Å². The molecule has 0 aromatic heterocycles.